The summed E-state index contributed by atoms with van der Waals surface area (Å²) in [4.78, 5) is 24.8. The van der Waals surface area contributed by atoms with Crippen LogP contribution >= 0.6 is 0 Å². The Balaban J connectivity index is 1.67. The van der Waals surface area contributed by atoms with Crippen LogP contribution in [0.15, 0.2) is 47.1 Å². The van der Waals surface area contributed by atoms with Gasteiger partial charge in [0.1, 0.15) is 11.8 Å². The van der Waals surface area contributed by atoms with Crippen LogP contribution in [0.2, 0.25) is 0 Å². The molecule has 3 aromatic rings. The molecule has 2 aromatic heterocycles. The maximum absolute atomic E-state index is 12.9. The van der Waals surface area contributed by atoms with Gasteiger partial charge in [-0.2, -0.15) is 0 Å². The van der Waals surface area contributed by atoms with Gasteiger partial charge in [0.15, 0.2) is 5.76 Å². The van der Waals surface area contributed by atoms with Crippen molar-refractivity contribution in [1.29, 1.82) is 0 Å². The molecule has 0 spiro atoms. The van der Waals surface area contributed by atoms with Crippen molar-refractivity contribution in [3.8, 4) is 17.3 Å². The number of hydrogen-bond donors (Lipinski definition) is 2. The van der Waals surface area contributed by atoms with Crippen LogP contribution in [-0.4, -0.2) is 33.7 Å². The van der Waals surface area contributed by atoms with Crippen molar-refractivity contribution >= 4 is 23.5 Å². The highest BCUT2D eigenvalue weighted by Crippen LogP contribution is 2.31. The average Bonchev–Trinajstić information content (AvgIpc) is 3.30. The minimum atomic E-state index is -0.806. The number of aromatic nitrogens is 3. The molecule has 0 radical (unpaired) electrons. The lowest BCUT2D eigenvalue weighted by Crippen LogP contribution is -2.35. The number of hydrogen-bond acceptors (Lipinski definition) is 6. The number of ether oxygens (including phenoxy) is 1. The summed E-state index contributed by atoms with van der Waals surface area (Å²) in [6.45, 7) is 0. The molecule has 0 fully saturated rings. The highest BCUT2D eigenvalue weighted by Gasteiger charge is 2.35. The van der Waals surface area contributed by atoms with Crippen molar-refractivity contribution in [2.24, 2.45) is 0 Å². The van der Waals surface area contributed by atoms with E-state index in [2.05, 4.69) is 20.8 Å². The Morgan fingerprint density at radius 1 is 1.35 bits per heavy atom. The van der Waals surface area contributed by atoms with Crippen LogP contribution in [0.4, 0.5) is 11.6 Å². The number of fused-ring (bicyclic) bond motifs is 1. The summed E-state index contributed by atoms with van der Waals surface area (Å²) in [6, 6.07) is 9.59. The number of anilines is 2. The Morgan fingerprint density at radius 3 is 3.00 bits per heavy atom. The molecule has 0 bridgehead atoms. The molecule has 4 rings (SSSR count). The van der Waals surface area contributed by atoms with Crippen LogP contribution < -0.4 is 15.4 Å². The molecule has 26 heavy (non-hydrogen) atoms. The molecule has 2 amide bonds. The number of methoxy groups -OCH3 is 1. The van der Waals surface area contributed by atoms with Gasteiger partial charge in [-0.1, -0.05) is 6.07 Å². The van der Waals surface area contributed by atoms with Gasteiger partial charge in [-0.3, -0.25) is 19.5 Å². The fourth-order valence-corrected chi connectivity index (χ4v) is 2.82. The van der Waals surface area contributed by atoms with Gasteiger partial charge in [0, 0.05) is 11.8 Å². The maximum Gasteiger partial charge on any atom is 0.248 e. The molecule has 3 heterocycles. The fraction of sp³-hybridized carbons (Fsp3) is 0.176. The average molecular weight is 353 g/mol. The zero-order chi connectivity index (χ0) is 18.1. The number of nitrogens with zero attached hydrogens (tertiary/aromatic N) is 3. The lowest BCUT2D eigenvalue weighted by atomic mass is 10.1. The Morgan fingerprint density at radius 2 is 2.23 bits per heavy atom. The largest absolute Gasteiger partial charge is 0.497 e. The Labute approximate surface area is 148 Å². The molecule has 1 unspecified atom stereocenters. The monoisotopic (exact) mass is 353 g/mol. The summed E-state index contributed by atoms with van der Waals surface area (Å²) < 4.78 is 12.1. The number of furan rings is 1. The molecule has 2 N–H and O–H groups in total. The predicted octanol–water partition coefficient (Wildman–Crippen LogP) is 2.07. The van der Waals surface area contributed by atoms with E-state index in [1.165, 1.54) is 6.26 Å². The standard InChI is InChI=1S/C17H15N5O4/c1-25-11-5-2-4-10(8-11)18-16(24)12-9-14(23)19-17-21-20-15(22(12)17)13-6-3-7-26-13/h2-8,12H,9H2,1H3,(H,18,24)(H,19,21,23). The molecular weight excluding hydrogens is 338 g/mol. The number of benzene rings is 1. The summed E-state index contributed by atoms with van der Waals surface area (Å²) in [5.74, 6) is 0.988. The number of amides is 2. The predicted molar refractivity (Wildman–Crippen MR) is 91.6 cm³/mol. The van der Waals surface area contributed by atoms with E-state index in [4.69, 9.17) is 9.15 Å². The van der Waals surface area contributed by atoms with Crippen molar-refractivity contribution in [2.75, 3.05) is 17.7 Å². The molecule has 0 aliphatic carbocycles. The minimum absolute atomic E-state index is 0.0332. The molecule has 9 nitrogen and oxygen atoms in total. The van der Waals surface area contributed by atoms with Crippen molar-refractivity contribution in [2.45, 2.75) is 12.5 Å². The minimum Gasteiger partial charge on any atom is -0.497 e. The van der Waals surface area contributed by atoms with Crippen molar-refractivity contribution < 1.29 is 18.7 Å². The molecular formula is C17H15N5O4. The molecule has 0 saturated carbocycles. The van der Waals surface area contributed by atoms with Gasteiger partial charge in [0.2, 0.25) is 23.6 Å². The van der Waals surface area contributed by atoms with Crippen LogP contribution in [0, 0.1) is 0 Å². The summed E-state index contributed by atoms with van der Waals surface area (Å²) in [5.41, 5.74) is 0.564. The van der Waals surface area contributed by atoms with Gasteiger partial charge in [-0.05, 0) is 24.3 Å². The first kappa shape index (κ1) is 15.9. The third kappa shape index (κ3) is 2.79. The maximum atomic E-state index is 12.9. The van der Waals surface area contributed by atoms with E-state index in [0.717, 1.165) is 0 Å². The third-order valence-corrected chi connectivity index (χ3v) is 4.02. The van der Waals surface area contributed by atoms with Crippen molar-refractivity contribution in [3.05, 3.63) is 42.7 Å². The van der Waals surface area contributed by atoms with E-state index >= 15 is 0 Å². The Kier molecular flexibility index (Phi) is 3.88. The third-order valence-electron chi connectivity index (χ3n) is 4.02. The second-order valence-electron chi connectivity index (χ2n) is 5.68. The van der Waals surface area contributed by atoms with Gasteiger partial charge < -0.3 is 14.5 Å². The van der Waals surface area contributed by atoms with Crippen LogP contribution in [0.1, 0.15) is 12.5 Å². The number of carbonyl (C=O) groups excluding carboxylic acids is 2. The molecule has 1 aromatic carbocycles. The summed E-state index contributed by atoms with van der Waals surface area (Å²) >= 11 is 0. The molecule has 9 heteroatoms. The first-order chi connectivity index (χ1) is 12.7. The topological polar surface area (TPSA) is 111 Å². The Hall–Kier alpha value is -3.62. The Bertz CT molecular complexity index is 963. The summed E-state index contributed by atoms with van der Waals surface area (Å²) in [6.07, 6.45) is 1.47. The SMILES string of the molecule is COc1cccc(NC(=O)C2CC(=O)Nc3nnc(-c4ccco4)n32)c1. The van der Waals surface area contributed by atoms with E-state index < -0.39 is 6.04 Å². The molecule has 1 atom stereocenters. The smallest absolute Gasteiger partial charge is 0.248 e. The number of rotatable bonds is 4. The molecule has 0 saturated heterocycles. The van der Waals surface area contributed by atoms with Crippen LogP contribution in [0.25, 0.3) is 11.6 Å². The van der Waals surface area contributed by atoms with Crippen molar-refractivity contribution in [1.82, 2.24) is 14.8 Å². The highest BCUT2D eigenvalue weighted by atomic mass is 16.5. The van der Waals surface area contributed by atoms with Crippen molar-refractivity contribution in [3.63, 3.8) is 0 Å². The fourth-order valence-electron chi connectivity index (χ4n) is 2.82. The van der Waals surface area contributed by atoms with E-state index in [-0.39, 0.29) is 24.2 Å². The number of carbonyl (C=O) groups is 2. The normalized spacial score (nSPS) is 15.9. The second-order valence-corrected chi connectivity index (χ2v) is 5.68. The van der Waals surface area contributed by atoms with Gasteiger partial charge in [0.05, 0.1) is 19.8 Å². The first-order valence-corrected chi connectivity index (χ1v) is 7.89. The summed E-state index contributed by atoms with van der Waals surface area (Å²) in [5, 5.41) is 13.4. The van der Waals surface area contributed by atoms with Gasteiger partial charge in [-0.25, -0.2) is 0 Å². The van der Waals surface area contributed by atoms with Gasteiger partial charge in [-0.15, -0.1) is 10.2 Å². The number of nitrogens with one attached hydrogen (secondary N) is 2. The quantitative estimate of drug-likeness (QED) is 0.743. The summed E-state index contributed by atoms with van der Waals surface area (Å²) in [7, 11) is 1.55. The van der Waals surface area contributed by atoms with Crippen LogP contribution in [-0.2, 0) is 9.59 Å². The first-order valence-electron chi connectivity index (χ1n) is 7.89. The molecule has 1 aliphatic rings. The van der Waals surface area contributed by atoms with E-state index in [1.54, 1.807) is 48.1 Å². The second kappa shape index (κ2) is 6.36. The molecule has 1 aliphatic heterocycles. The van der Waals surface area contributed by atoms with Gasteiger partial charge in [0.25, 0.3) is 0 Å². The van der Waals surface area contributed by atoms with E-state index in [1.807, 2.05) is 0 Å². The lowest BCUT2D eigenvalue weighted by Gasteiger charge is -2.24. The lowest BCUT2D eigenvalue weighted by molar-refractivity contribution is -0.125. The highest BCUT2D eigenvalue weighted by molar-refractivity contribution is 6.01. The zero-order valence-electron chi connectivity index (χ0n) is 13.8. The van der Waals surface area contributed by atoms with E-state index in [9.17, 15) is 9.59 Å². The van der Waals surface area contributed by atoms with Crippen LogP contribution in [0.3, 0.4) is 0 Å². The van der Waals surface area contributed by atoms with E-state index in [0.29, 0.717) is 23.0 Å². The van der Waals surface area contributed by atoms with Crippen LogP contribution in [0.5, 0.6) is 5.75 Å². The zero-order valence-corrected chi connectivity index (χ0v) is 13.8. The molecule has 132 valence electrons. The van der Waals surface area contributed by atoms with Gasteiger partial charge >= 0.3 is 0 Å².